The van der Waals surface area contributed by atoms with Crippen molar-refractivity contribution in [2.45, 2.75) is 52.1 Å². The average Bonchev–Trinajstić information content (AvgIpc) is 2.46. The van der Waals surface area contributed by atoms with E-state index < -0.39 is 0 Å². The van der Waals surface area contributed by atoms with E-state index in [1.807, 2.05) is 12.4 Å². The summed E-state index contributed by atoms with van der Waals surface area (Å²) >= 11 is 0. The molecule has 0 bridgehead atoms. The molecule has 1 aromatic rings. The molecule has 0 aliphatic rings. The van der Waals surface area contributed by atoms with Gasteiger partial charge in [-0.2, -0.15) is 0 Å². The molecule has 4 nitrogen and oxygen atoms in total. The molecule has 0 aliphatic heterocycles. The molecule has 0 radical (unpaired) electrons. The Kier molecular flexibility index (Phi) is 6.42. The molecule has 2 atom stereocenters. The van der Waals surface area contributed by atoms with Gasteiger partial charge >= 0.3 is 0 Å². The van der Waals surface area contributed by atoms with Crippen molar-refractivity contribution in [2.24, 2.45) is 5.84 Å². The number of hydrazine groups is 1. The molecule has 0 fully saturated rings. The lowest BCUT2D eigenvalue weighted by atomic mass is 9.84. The Morgan fingerprint density at radius 1 is 1.26 bits per heavy atom. The minimum atomic E-state index is 0.0571. The number of hydrogen-bond acceptors (Lipinski definition) is 4. The molecule has 108 valence electrons. The molecule has 1 aromatic heterocycles. The molecule has 0 aromatic carbocycles. The lowest BCUT2D eigenvalue weighted by Gasteiger charge is -2.45. The number of nitrogens with zero attached hydrogens (tertiary/aromatic N) is 2. The monoisotopic (exact) mass is 264 g/mol. The van der Waals surface area contributed by atoms with Gasteiger partial charge in [0.05, 0.1) is 0 Å². The maximum Gasteiger partial charge on any atom is 0.0432 e. The van der Waals surface area contributed by atoms with Crippen LogP contribution in [0.2, 0.25) is 0 Å². The Bertz CT molecular complexity index is 350. The largest absolute Gasteiger partial charge is 0.297 e. The van der Waals surface area contributed by atoms with Crippen LogP contribution in [-0.2, 0) is 6.42 Å². The van der Waals surface area contributed by atoms with Crippen molar-refractivity contribution in [3.05, 3.63) is 30.1 Å². The van der Waals surface area contributed by atoms with Crippen LogP contribution in [0.15, 0.2) is 24.5 Å². The first-order valence-corrected chi connectivity index (χ1v) is 7.22. The highest BCUT2D eigenvalue weighted by Crippen LogP contribution is 2.25. The van der Waals surface area contributed by atoms with Crippen LogP contribution >= 0.6 is 0 Å². The molecule has 3 N–H and O–H groups in total. The van der Waals surface area contributed by atoms with Crippen molar-refractivity contribution >= 4 is 0 Å². The second-order valence-electron chi connectivity index (χ2n) is 5.16. The topological polar surface area (TPSA) is 54.2 Å². The lowest BCUT2D eigenvalue weighted by molar-refractivity contribution is 0.0701. The summed E-state index contributed by atoms with van der Waals surface area (Å²) in [4.78, 5) is 6.55. The highest BCUT2D eigenvalue weighted by molar-refractivity contribution is 5.14. The lowest BCUT2D eigenvalue weighted by Crippen LogP contribution is -2.61. The van der Waals surface area contributed by atoms with Gasteiger partial charge in [0.25, 0.3) is 0 Å². The van der Waals surface area contributed by atoms with Crippen molar-refractivity contribution < 1.29 is 0 Å². The first-order valence-electron chi connectivity index (χ1n) is 7.22. The maximum atomic E-state index is 5.84. The SMILES string of the molecule is CCN(CC)C(C)(CC)C(Cc1ccncc1)NN. The van der Waals surface area contributed by atoms with Crippen LogP contribution in [0.1, 0.15) is 39.7 Å². The first kappa shape index (κ1) is 16.1. The summed E-state index contributed by atoms with van der Waals surface area (Å²) in [6.07, 6.45) is 5.65. The van der Waals surface area contributed by atoms with Gasteiger partial charge in [0.1, 0.15) is 0 Å². The summed E-state index contributed by atoms with van der Waals surface area (Å²) in [5.41, 5.74) is 4.35. The molecule has 1 rings (SSSR count). The van der Waals surface area contributed by atoms with Gasteiger partial charge in [0, 0.05) is 24.0 Å². The van der Waals surface area contributed by atoms with Crippen molar-refractivity contribution in [1.82, 2.24) is 15.3 Å². The van der Waals surface area contributed by atoms with Gasteiger partial charge in [-0.05, 0) is 50.6 Å². The Hall–Kier alpha value is -0.970. The second kappa shape index (κ2) is 7.58. The molecule has 0 spiro atoms. The average molecular weight is 264 g/mol. The van der Waals surface area contributed by atoms with Gasteiger partial charge in [-0.15, -0.1) is 0 Å². The third-order valence-electron chi connectivity index (χ3n) is 4.34. The predicted octanol–water partition coefficient (Wildman–Crippen LogP) is 1.97. The molecule has 0 amide bonds. The van der Waals surface area contributed by atoms with E-state index in [2.05, 4.69) is 55.1 Å². The minimum absolute atomic E-state index is 0.0571. The van der Waals surface area contributed by atoms with Gasteiger partial charge in [-0.3, -0.25) is 21.2 Å². The molecular weight excluding hydrogens is 236 g/mol. The van der Waals surface area contributed by atoms with Crippen LogP contribution < -0.4 is 11.3 Å². The van der Waals surface area contributed by atoms with Crippen LogP contribution in [0.25, 0.3) is 0 Å². The Balaban J connectivity index is 2.92. The molecule has 0 saturated heterocycles. The van der Waals surface area contributed by atoms with Gasteiger partial charge in [-0.25, -0.2) is 0 Å². The summed E-state index contributed by atoms with van der Waals surface area (Å²) in [7, 11) is 0. The summed E-state index contributed by atoms with van der Waals surface area (Å²) in [6, 6.07) is 4.34. The predicted molar refractivity (Wildman–Crippen MR) is 80.7 cm³/mol. The number of likely N-dealkylation sites (N-methyl/N-ethyl adjacent to an activating group) is 1. The summed E-state index contributed by atoms with van der Waals surface area (Å²) in [6.45, 7) is 11.0. The van der Waals surface area contributed by atoms with Gasteiger partial charge in [0.2, 0.25) is 0 Å². The van der Waals surface area contributed by atoms with Crippen LogP contribution in [0, 0.1) is 0 Å². The number of hydrogen-bond donors (Lipinski definition) is 2. The zero-order valence-electron chi connectivity index (χ0n) is 12.7. The molecule has 2 unspecified atom stereocenters. The molecule has 19 heavy (non-hydrogen) atoms. The van der Waals surface area contributed by atoms with Crippen molar-refractivity contribution in [3.63, 3.8) is 0 Å². The number of aromatic nitrogens is 1. The van der Waals surface area contributed by atoms with E-state index >= 15 is 0 Å². The fourth-order valence-electron chi connectivity index (χ4n) is 2.85. The molecular formula is C15H28N4. The van der Waals surface area contributed by atoms with Crippen LogP contribution in [0.4, 0.5) is 0 Å². The molecule has 1 heterocycles. The van der Waals surface area contributed by atoms with Crippen LogP contribution in [-0.4, -0.2) is 34.6 Å². The van der Waals surface area contributed by atoms with E-state index in [1.165, 1.54) is 5.56 Å². The molecule has 0 aliphatic carbocycles. The van der Waals surface area contributed by atoms with Gasteiger partial charge < -0.3 is 0 Å². The number of rotatable bonds is 8. The fraction of sp³-hybridized carbons (Fsp3) is 0.667. The Labute approximate surface area is 117 Å². The second-order valence-corrected chi connectivity index (χ2v) is 5.16. The van der Waals surface area contributed by atoms with E-state index in [0.29, 0.717) is 0 Å². The minimum Gasteiger partial charge on any atom is -0.297 e. The van der Waals surface area contributed by atoms with Crippen molar-refractivity contribution in [3.8, 4) is 0 Å². The third-order valence-corrected chi connectivity index (χ3v) is 4.34. The van der Waals surface area contributed by atoms with Gasteiger partial charge in [-0.1, -0.05) is 20.8 Å². The van der Waals surface area contributed by atoms with Crippen molar-refractivity contribution in [2.75, 3.05) is 13.1 Å². The summed E-state index contributed by atoms with van der Waals surface area (Å²) in [5.74, 6) is 5.84. The highest BCUT2D eigenvalue weighted by atomic mass is 15.3. The zero-order valence-corrected chi connectivity index (χ0v) is 12.7. The number of nitrogens with one attached hydrogen (secondary N) is 1. The molecule has 4 heteroatoms. The molecule has 0 saturated carbocycles. The van der Waals surface area contributed by atoms with E-state index in [0.717, 1.165) is 25.9 Å². The maximum absolute atomic E-state index is 5.84. The zero-order chi connectivity index (χ0) is 14.3. The quantitative estimate of drug-likeness (QED) is 0.557. The van der Waals surface area contributed by atoms with Crippen LogP contribution in [0.3, 0.4) is 0 Å². The van der Waals surface area contributed by atoms with Gasteiger partial charge in [0.15, 0.2) is 0 Å². The Morgan fingerprint density at radius 3 is 2.26 bits per heavy atom. The third kappa shape index (κ3) is 3.75. The van der Waals surface area contributed by atoms with E-state index in [4.69, 9.17) is 5.84 Å². The van der Waals surface area contributed by atoms with Crippen molar-refractivity contribution in [1.29, 1.82) is 0 Å². The standard InChI is InChI=1S/C15H28N4/c1-5-15(4,19(6-2)7-3)14(18-16)12-13-8-10-17-11-9-13/h8-11,14,18H,5-7,12,16H2,1-4H3. The van der Waals surface area contributed by atoms with E-state index in [1.54, 1.807) is 0 Å². The first-order chi connectivity index (χ1) is 9.12. The number of pyridine rings is 1. The highest BCUT2D eigenvalue weighted by Gasteiger charge is 2.36. The normalized spacial score (nSPS) is 16.3. The Morgan fingerprint density at radius 2 is 1.84 bits per heavy atom. The fourth-order valence-corrected chi connectivity index (χ4v) is 2.85. The van der Waals surface area contributed by atoms with E-state index in [9.17, 15) is 0 Å². The van der Waals surface area contributed by atoms with Crippen LogP contribution in [0.5, 0.6) is 0 Å². The smallest absolute Gasteiger partial charge is 0.0432 e. The number of nitrogens with two attached hydrogens (primary N) is 1. The summed E-state index contributed by atoms with van der Waals surface area (Å²) < 4.78 is 0. The summed E-state index contributed by atoms with van der Waals surface area (Å²) in [5, 5.41) is 0. The van der Waals surface area contributed by atoms with E-state index in [-0.39, 0.29) is 11.6 Å².